The highest BCUT2D eigenvalue weighted by Crippen LogP contribution is 2.24. The van der Waals surface area contributed by atoms with Gasteiger partial charge in [-0.3, -0.25) is 0 Å². The zero-order valence-corrected chi connectivity index (χ0v) is 12.7. The number of hydrogen-bond donors (Lipinski definition) is 1. The van der Waals surface area contributed by atoms with Gasteiger partial charge in [-0.25, -0.2) is 0 Å². The van der Waals surface area contributed by atoms with Crippen molar-refractivity contribution in [3.05, 3.63) is 71.8 Å². The Morgan fingerprint density at radius 1 is 1.00 bits per heavy atom. The Morgan fingerprint density at radius 2 is 1.57 bits per heavy atom. The van der Waals surface area contributed by atoms with Crippen LogP contribution in [0, 0.1) is 0 Å². The third-order valence-electron chi connectivity index (χ3n) is 4.39. The molecule has 1 atom stereocenters. The van der Waals surface area contributed by atoms with Crippen LogP contribution in [0.15, 0.2) is 60.7 Å². The molecule has 0 radical (unpaired) electrons. The minimum Gasteiger partial charge on any atom is -0.302 e. The van der Waals surface area contributed by atoms with E-state index in [2.05, 4.69) is 77.8 Å². The van der Waals surface area contributed by atoms with Gasteiger partial charge < -0.3 is 10.2 Å². The molecule has 1 fully saturated rings. The molecular formula is C19H24N2. The van der Waals surface area contributed by atoms with Gasteiger partial charge in [0.1, 0.15) is 0 Å². The first-order chi connectivity index (χ1) is 10.4. The van der Waals surface area contributed by atoms with Gasteiger partial charge >= 0.3 is 0 Å². The lowest BCUT2D eigenvalue weighted by Crippen LogP contribution is -2.35. The van der Waals surface area contributed by atoms with Crippen LogP contribution < -0.4 is 5.32 Å². The fourth-order valence-electron chi connectivity index (χ4n) is 3.17. The van der Waals surface area contributed by atoms with Crippen molar-refractivity contribution in [2.75, 3.05) is 19.6 Å². The van der Waals surface area contributed by atoms with Gasteiger partial charge in [0.2, 0.25) is 0 Å². The van der Waals surface area contributed by atoms with Crippen molar-refractivity contribution in [1.29, 1.82) is 0 Å². The normalized spacial score (nSPS) is 19.2. The first-order valence-corrected chi connectivity index (χ1v) is 7.95. The predicted molar refractivity (Wildman–Crippen MR) is 88.4 cm³/mol. The third-order valence-corrected chi connectivity index (χ3v) is 4.39. The van der Waals surface area contributed by atoms with E-state index in [-0.39, 0.29) is 6.04 Å². The molecule has 0 amide bonds. The van der Waals surface area contributed by atoms with Gasteiger partial charge in [-0.05, 0) is 30.6 Å². The highest BCUT2D eigenvalue weighted by atomic mass is 15.2. The zero-order valence-electron chi connectivity index (χ0n) is 12.7. The summed E-state index contributed by atoms with van der Waals surface area (Å²) in [5, 5.41) is 3.87. The molecule has 0 aromatic heterocycles. The second kappa shape index (κ2) is 6.88. The molecule has 2 aromatic carbocycles. The first kappa shape index (κ1) is 14.3. The number of rotatable bonds is 5. The smallest absolute Gasteiger partial charge is 0.0579 e. The summed E-state index contributed by atoms with van der Waals surface area (Å²) >= 11 is 0. The van der Waals surface area contributed by atoms with E-state index in [4.69, 9.17) is 0 Å². The van der Waals surface area contributed by atoms with Gasteiger partial charge in [-0.2, -0.15) is 0 Å². The molecule has 1 N–H and O–H groups in total. The number of likely N-dealkylation sites (tertiary alicyclic amines) is 1. The molecule has 1 aliphatic rings. The van der Waals surface area contributed by atoms with E-state index in [0.717, 1.165) is 13.1 Å². The van der Waals surface area contributed by atoms with Gasteiger partial charge in [0.25, 0.3) is 0 Å². The lowest BCUT2D eigenvalue weighted by Gasteiger charge is -2.24. The molecule has 2 heteroatoms. The summed E-state index contributed by atoms with van der Waals surface area (Å²) in [6.45, 7) is 5.77. The number of likely N-dealkylation sites (N-methyl/N-ethyl adjacent to an activating group) is 1. The number of hydrogen-bond acceptors (Lipinski definition) is 2. The summed E-state index contributed by atoms with van der Waals surface area (Å²) in [6, 6.07) is 22.4. The average Bonchev–Trinajstić information content (AvgIpc) is 3.02. The predicted octanol–water partition coefficient (Wildman–Crippen LogP) is 3.46. The lowest BCUT2D eigenvalue weighted by atomic mass is 9.97. The van der Waals surface area contributed by atoms with E-state index < -0.39 is 0 Å². The topological polar surface area (TPSA) is 15.3 Å². The molecule has 2 aromatic rings. The molecule has 0 bridgehead atoms. The van der Waals surface area contributed by atoms with Crippen molar-refractivity contribution in [3.63, 3.8) is 0 Å². The van der Waals surface area contributed by atoms with Crippen molar-refractivity contribution in [2.45, 2.75) is 25.4 Å². The van der Waals surface area contributed by atoms with Crippen molar-refractivity contribution < 1.29 is 0 Å². The molecule has 110 valence electrons. The van der Waals surface area contributed by atoms with Crippen LogP contribution in [0.3, 0.4) is 0 Å². The van der Waals surface area contributed by atoms with Crippen LogP contribution in [0.1, 0.15) is 30.5 Å². The Bertz CT molecular complexity index is 499. The van der Waals surface area contributed by atoms with Crippen LogP contribution in [0.5, 0.6) is 0 Å². The monoisotopic (exact) mass is 280 g/mol. The summed E-state index contributed by atoms with van der Waals surface area (Å²) in [6.07, 6.45) is 1.24. The highest BCUT2D eigenvalue weighted by molar-refractivity contribution is 5.31. The van der Waals surface area contributed by atoms with Crippen LogP contribution in [0.25, 0.3) is 0 Å². The lowest BCUT2D eigenvalue weighted by molar-refractivity contribution is 0.342. The zero-order chi connectivity index (χ0) is 14.5. The van der Waals surface area contributed by atoms with Crippen molar-refractivity contribution in [3.8, 4) is 0 Å². The SMILES string of the molecule is CCN1CC[C@H](NC(c2ccccc2)c2ccccc2)C1. The van der Waals surface area contributed by atoms with Crippen LogP contribution in [-0.4, -0.2) is 30.6 Å². The standard InChI is InChI=1S/C19H24N2/c1-2-21-14-13-18(15-21)20-19(16-9-5-3-6-10-16)17-11-7-4-8-12-17/h3-12,18-20H,2,13-15H2,1H3/t18-/m0/s1. The molecule has 0 aliphatic carbocycles. The number of benzene rings is 2. The van der Waals surface area contributed by atoms with E-state index in [1.807, 2.05) is 0 Å². The molecule has 3 rings (SSSR count). The average molecular weight is 280 g/mol. The quantitative estimate of drug-likeness (QED) is 0.902. The van der Waals surface area contributed by atoms with Crippen LogP contribution in [0.4, 0.5) is 0 Å². The summed E-state index contributed by atoms with van der Waals surface area (Å²) in [4.78, 5) is 2.52. The maximum atomic E-state index is 3.87. The molecular weight excluding hydrogens is 256 g/mol. The Hall–Kier alpha value is -1.64. The highest BCUT2D eigenvalue weighted by Gasteiger charge is 2.24. The van der Waals surface area contributed by atoms with E-state index in [1.54, 1.807) is 0 Å². The molecule has 1 aliphatic heterocycles. The minimum atomic E-state index is 0.286. The first-order valence-electron chi connectivity index (χ1n) is 7.95. The van der Waals surface area contributed by atoms with Gasteiger partial charge in [0, 0.05) is 12.6 Å². The van der Waals surface area contributed by atoms with Crippen LogP contribution in [0.2, 0.25) is 0 Å². The van der Waals surface area contributed by atoms with Gasteiger partial charge in [-0.15, -0.1) is 0 Å². The van der Waals surface area contributed by atoms with E-state index in [9.17, 15) is 0 Å². The summed E-state index contributed by atoms with van der Waals surface area (Å²) in [7, 11) is 0. The fourth-order valence-corrected chi connectivity index (χ4v) is 3.17. The fraction of sp³-hybridized carbons (Fsp3) is 0.368. The second-order valence-electron chi connectivity index (χ2n) is 5.80. The maximum absolute atomic E-state index is 3.87. The molecule has 0 spiro atoms. The summed E-state index contributed by atoms with van der Waals surface area (Å²) < 4.78 is 0. The van der Waals surface area contributed by atoms with Crippen molar-refractivity contribution >= 4 is 0 Å². The minimum absolute atomic E-state index is 0.286. The number of nitrogens with one attached hydrogen (secondary N) is 1. The summed E-state index contributed by atoms with van der Waals surface area (Å²) in [5.41, 5.74) is 2.69. The Morgan fingerprint density at radius 3 is 2.05 bits per heavy atom. The van der Waals surface area contributed by atoms with Crippen LogP contribution in [-0.2, 0) is 0 Å². The Balaban J connectivity index is 1.80. The molecule has 2 nitrogen and oxygen atoms in total. The van der Waals surface area contributed by atoms with Crippen molar-refractivity contribution in [2.24, 2.45) is 0 Å². The van der Waals surface area contributed by atoms with E-state index >= 15 is 0 Å². The van der Waals surface area contributed by atoms with Crippen molar-refractivity contribution in [1.82, 2.24) is 10.2 Å². The number of nitrogens with zero attached hydrogens (tertiary/aromatic N) is 1. The van der Waals surface area contributed by atoms with Crippen LogP contribution >= 0.6 is 0 Å². The molecule has 0 saturated carbocycles. The molecule has 21 heavy (non-hydrogen) atoms. The molecule has 1 heterocycles. The Labute approximate surface area is 127 Å². The van der Waals surface area contributed by atoms with E-state index in [1.165, 1.54) is 24.1 Å². The van der Waals surface area contributed by atoms with E-state index in [0.29, 0.717) is 6.04 Å². The maximum Gasteiger partial charge on any atom is 0.0579 e. The third kappa shape index (κ3) is 3.52. The Kier molecular flexibility index (Phi) is 4.69. The molecule has 0 unspecified atom stereocenters. The largest absolute Gasteiger partial charge is 0.302 e. The molecule has 1 saturated heterocycles. The summed E-state index contributed by atoms with van der Waals surface area (Å²) in [5.74, 6) is 0. The van der Waals surface area contributed by atoms with Gasteiger partial charge in [0.15, 0.2) is 0 Å². The second-order valence-corrected chi connectivity index (χ2v) is 5.80. The van der Waals surface area contributed by atoms with Gasteiger partial charge in [0.05, 0.1) is 6.04 Å². The van der Waals surface area contributed by atoms with Gasteiger partial charge in [-0.1, -0.05) is 67.6 Å².